The minimum absolute atomic E-state index is 0.776. The van der Waals surface area contributed by atoms with E-state index in [0.717, 1.165) is 32.5 Å². The number of pyridine rings is 1. The van der Waals surface area contributed by atoms with Gasteiger partial charge in [-0.2, -0.15) is 0 Å². The molecule has 0 spiro atoms. The molecule has 0 aliphatic carbocycles. The van der Waals surface area contributed by atoms with Gasteiger partial charge < -0.3 is 10.1 Å². The molecule has 0 saturated heterocycles. The van der Waals surface area contributed by atoms with Gasteiger partial charge in [0.2, 0.25) is 0 Å². The first-order valence-electron chi connectivity index (χ1n) is 6.43. The molecule has 0 unspecified atom stereocenters. The summed E-state index contributed by atoms with van der Waals surface area (Å²) in [4.78, 5) is 4.21. The molecule has 0 saturated carbocycles. The van der Waals surface area contributed by atoms with Gasteiger partial charge in [0.05, 0.1) is 6.61 Å². The van der Waals surface area contributed by atoms with Gasteiger partial charge in [0.1, 0.15) is 0 Å². The number of nitrogens with one attached hydrogen (secondary N) is 1. The van der Waals surface area contributed by atoms with E-state index in [9.17, 15) is 0 Å². The minimum Gasteiger partial charge on any atom is -0.383 e. The van der Waals surface area contributed by atoms with Crippen molar-refractivity contribution >= 4 is 10.8 Å². The normalized spacial score (nSPS) is 10.9. The van der Waals surface area contributed by atoms with Crippen LogP contribution in [0.4, 0.5) is 0 Å². The van der Waals surface area contributed by atoms with Crippen molar-refractivity contribution in [2.75, 3.05) is 26.8 Å². The van der Waals surface area contributed by atoms with Crippen molar-refractivity contribution in [3.63, 3.8) is 0 Å². The van der Waals surface area contributed by atoms with Gasteiger partial charge in [-0.15, -0.1) is 0 Å². The first-order chi connectivity index (χ1) is 8.92. The summed E-state index contributed by atoms with van der Waals surface area (Å²) in [5.74, 6) is 0. The molecule has 18 heavy (non-hydrogen) atoms. The Kier molecular flexibility index (Phi) is 5.12. The molecule has 0 fully saturated rings. The minimum atomic E-state index is 0.776. The van der Waals surface area contributed by atoms with Crippen LogP contribution in [0.25, 0.3) is 10.8 Å². The summed E-state index contributed by atoms with van der Waals surface area (Å²) >= 11 is 0. The Morgan fingerprint density at radius 3 is 3.06 bits per heavy atom. The molecule has 0 aliphatic rings. The largest absolute Gasteiger partial charge is 0.383 e. The summed E-state index contributed by atoms with van der Waals surface area (Å²) < 4.78 is 4.99. The van der Waals surface area contributed by atoms with Gasteiger partial charge in [-0.25, -0.2) is 0 Å². The molecule has 0 radical (unpaired) electrons. The first-order valence-corrected chi connectivity index (χ1v) is 6.43. The van der Waals surface area contributed by atoms with Crippen molar-refractivity contribution in [2.45, 2.75) is 12.8 Å². The average molecular weight is 244 g/mol. The van der Waals surface area contributed by atoms with Crippen LogP contribution < -0.4 is 5.32 Å². The van der Waals surface area contributed by atoms with Crippen molar-refractivity contribution in [1.82, 2.24) is 10.3 Å². The van der Waals surface area contributed by atoms with Gasteiger partial charge in [0.15, 0.2) is 0 Å². The molecule has 0 aliphatic heterocycles. The Bertz CT molecular complexity index is 479. The Morgan fingerprint density at radius 1 is 1.22 bits per heavy atom. The summed E-state index contributed by atoms with van der Waals surface area (Å²) in [5.41, 5.74) is 1.38. The van der Waals surface area contributed by atoms with Gasteiger partial charge in [-0.1, -0.05) is 18.2 Å². The van der Waals surface area contributed by atoms with Crippen LogP contribution in [0.3, 0.4) is 0 Å². The number of nitrogens with zero attached hydrogens (tertiary/aromatic N) is 1. The van der Waals surface area contributed by atoms with Crippen molar-refractivity contribution in [3.8, 4) is 0 Å². The number of hydrogen-bond acceptors (Lipinski definition) is 3. The first kappa shape index (κ1) is 13.0. The van der Waals surface area contributed by atoms with Crippen LogP contribution in [0.5, 0.6) is 0 Å². The number of benzene rings is 1. The SMILES string of the molecule is COCCNCCCc1cccc2ccncc12. The lowest BCUT2D eigenvalue weighted by molar-refractivity contribution is 0.199. The zero-order chi connectivity index (χ0) is 12.6. The standard InChI is InChI=1S/C15H20N2O/c1-18-11-10-16-8-3-6-13-4-2-5-14-7-9-17-12-15(13)14/h2,4-5,7,9,12,16H,3,6,8,10-11H2,1H3. The van der Waals surface area contributed by atoms with E-state index < -0.39 is 0 Å². The van der Waals surface area contributed by atoms with Crippen molar-refractivity contribution in [2.24, 2.45) is 0 Å². The molecule has 96 valence electrons. The Labute approximate surface area is 108 Å². The number of aryl methyl sites for hydroxylation is 1. The Hall–Kier alpha value is -1.45. The van der Waals surface area contributed by atoms with Crippen LogP contribution in [0, 0.1) is 0 Å². The molecule has 2 rings (SSSR count). The summed E-state index contributed by atoms with van der Waals surface area (Å²) in [6.45, 7) is 2.73. The van der Waals surface area contributed by atoms with E-state index >= 15 is 0 Å². The molecule has 1 N–H and O–H groups in total. The average Bonchev–Trinajstić information content (AvgIpc) is 2.43. The van der Waals surface area contributed by atoms with E-state index in [1.54, 1.807) is 7.11 Å². The lowest BCUT2D eigenvalue weighted by Crippen LogP contribution is -2.20. The quantitative estimate of drug-likeness (QED) is 0.759. The zero-order valence-electron chi connectivity index (χ0n) is 10.9. The van der Waals surface area contributed by atoms with Gasteiger partial charge in [-0.3, -0.25) is 4.98 Å². The van der Waals surface area contributed by atoms with Crippen LogP contribution in [0.2, 0.25) is 0 Å². The highest BCUT2D eigenvalue weighted by Crippen LogP contribution is 2.18. The molecule has 2 aromatic rings. The number of fused-ring (bicyclic) bond motifs is 1. The van der Waals surface area contributed by atoms with E-state index in [-0.39, 0.29) is 0 Å². The van der Waals surface area contributed by atoms with Crippen LogP contribution in [-0.2, 0) is 11.2 Å². The maximum atomic E-state index is 4.99. The second-order valence-electron chi connectivity index (χ2n) is 4.36. The van der Waals surface area contributed by atoms with Crippen LogP contribution in [-0.4, -0.2) is 31.8 Å². The van der Waals surface area contributed by atoms with Gasteiger partial charge >= 0.3 is 0 Å². The maximum Gasteiger partial charge on any atom is 0.0587 e. The fourth-order valence-electron chi connectivity index (χ4n) is 2.10. The molecule has 0 amide bonds. The fourth-order valence-corrected chi connectivity index (χ4v) is 2.10. The van der Waals surface area contributed by atoms with E-state index in [0.29, 0.717) is 0 Å². The molecule has 1 aromatic heterocycles. The number of rotatable bonds is 7. The van der Waals surface area contributed by atoms with Gasteiger partial charge in [0, 0.05) is 31.4 Å². The van der Waals surface area contributed by atoms with Gasteiger partial charge in [0.25, 0.3) is 0 Å². The van der Waals surface area contributed by atoms with Gasteiger partial charge in [-0.05, 0) is 36.4 Å². The molecular formula is C15H20N2O. The third-order valence-corrected chi connectivity index (χ3v) is 3.06. The Morgan fingerprint density at radius 2 is 2.17 bits per heavy atom. The summed E-state index contributed by atoms with van der Waals surface area (Å²) in [7, 11) is 1.73. The van der Waals surface area contributed by atoms with Crippen molar-refractivity contribution in [1.29, 1.82) is 0 Å². The molecule has 3 heteroatoms. The number of methoxy groups -OCH3 is 1. The molecule has 3 nitrogen and oxygen atoms in total. The lowest BCUT2D eigenvalue weighted by atomic mass is 10.0. The lowest BCUT2D eigenvalue weighted by Gasteiger charge is -2.07. The predicted molar refractivity (Wildman–Crippen MR) is 74.8 cm³/mol. The second kappa shape index (κ2) is 7.09. The Balaban J connectivity index is 1.88. The maximum absolute atomic E-state index is 4.99. The molecule has 0 bridgehead atoms. The summed E-state index contributed by atoms with van der Waals surface area (Å²) in [5, 5.41) is 5.91. The summed E-state index contributed by atoms with van der Waals surface area (Å²) in [6, 6.07) is 8.52. The monoisotopic (exact) mass is 244 g/mol. The third-order valence-electron chi connectivity index (χ3n) is 3.06. The van der Waals surface area contributed by atoms with E-state index in [4.69, 9.17) is 4.74 Å². The highest BCUT2D eigenvalue weighted by molar-refractivity contribution is 5.84. The van der Waals surface area contributed by atoms with Crippen LogP contribution >= 0.6 is 0 Å². The van der Waals surface area contributed by atoms with E-state index in [1.165, 1.54) is 16.3 Å². The molecular weight excluding hydrogens is 224 g/mol. The molecule has 0 atom stereocenters. The van der Waals surface area contributed by atoms with E-state index in [2.05, 4.69) is 34.6 Å². The van der Waals surface area contributed by atoms with Crippen molar-refractivity contribution < 1.29 is 4.74 Å². The number of ether oxygens (including phenoxy) is 1. The van der Waals surface area contributed by atoms with Crippen LogP contribution in [0.1, 0.15) is 12.0 Å². The molecule has 1 heterocycles. The highest BCUT2D eigenvalue weighted by atomic mass is 16.5. The van der Waals surface area contributed by atoms with Crippen LogP contribution in [0.15, 0.2) is 36.7 Å². The third kappa shape index (κ3) is 3.52. The second-order valence-corrected chi connectivity index (χ2v) is 4.36. The number of hydrogen-bond donors (Lipinski definition) is 1. The van der Waals surface area contributed by atoms with E-state index in [1.807, 2.05) is 12.4 Å². The fraction of sp³-hybridized carbons (Fsp3) is 0.400. The van der Waals surface area contributed by atoms with Crippen molar-refractivity contribution in [3.05, 3.63) is 42.2 Å². The highest BCUT2D eigenvalue weighted by Gasteiger charge is 2.00. The zero-order valence-corrected chi connectivity index (χ0v) is 10.9. The number of aromatic nitrogens is 1. The molecule has 1 aromatic carbocycles. The predicted octanol–water partition coefficient (Wildman–Crippen LogP) is 2.40. The summed E-state index contributed by atoms with van der Waals surface area (Å²) in [6.07, 6.45) is 6.03. The topological polar surface area (TPSA) is 34.1 Å². The smallest absolute Gasteiger partial charge is 0.0587 e.